The van der Waals surface area contributed by atoms with Gasteiger partial charge in [-0.2, -0.15) is 5.10 Å². The van der Waals surface area contributed by atoms with Crippen LogP contribution < -0.4 is 10.1 Å². The minimum atomic E-state index is -0.459. The number of aromatic nitrogens is 2. The summed E-state index contributed by atoms with van der Waals surface area (Å²) in [5.41, 5.74) is 0.143. The molecule has 0 fully saturated rings. The lowest BCUT2D eigenvalue weighted by atomic mass is 9.87. The van der Waals surface area contributed by atoms with Gasteiger partial charge in [0.2, 0.25) is 5.88 Å². The molecule has 0 bridgehead atoms. The molecule has 1 aliphatic heterocycles. The topological polar surface area (TPSA) is 76.4 Å². The minimum absolute atomic E-state index is 0.188. The predicted molar refractivity (Wildman–Crippen MR) is 82.5 cm³/mol. The van der Waals surface area contributed by atoms with E-state index in [1.165, 1.54) is 0 Å². The number of halogens is 1. The van der Waals surface area contributed by atoms with Gasteiger partial charge in [0, 0.05) is 19.5 Å². The highest BCUT2D eigenvalue weighted by atomic mass is 79.9. The molecule has 118 valence electrons. The third-order valence-corrected chi connectivity index (χ3v) is 4.24. The van der Waals surface area contributed by atoms with Crippen molar-refractivity contribution in [2.24, 2.45) is 5.41 Å². The van der Waals surface area contributed by atoms with Crippen molar-refractivity contribution in [3.63, 3.8) is 0 Å². The molecule has 0 aliphatic carbocycles. The number of amides is 1. The molecule has 0 spiro atoms. The normalized spacial score (nSPS) is 16.0. The number of hydrogen-bond acceptors (Lipinski definition) is 4. The molecule has 1 aromatic heterocycles. The van der Waals surface area contributed by atoms with Crippen LogP contribution >= 0.6 is 15.9 Å². The Bertz CT molecular complexity index is 522. The fourth-order valence-corrected chi connectivity index (χ4v) is 2.66. The highest BCUT2D eigenvalue weighted by molar-refractivity contribution is 9.10. The molecule has 2 heterocycles. The molecule has 1 unspecified atom stereocenters. The molecule has 0 saturated heterocycles. The lowest BCUT2D eigenvalue weighted by Gasteiger charge is -2.25. The van der Waals surface area contributed by atoms with Crippen LogP contribution in [0.1, 0.15) is 44.1 Å². The first-order chi connectivity index (χ1) is 9.80. The quantitative estimate of drug-likeness (QED) is 0.861. The van der Waals surface area contributed by atoms with E-state index in [0.717, 1.165) is 13.0 Å². The van der Waals surface area contributed by atoms with Gasteiger partial charge < -0.3 is 15.2 Å². The molecule has 0 radical (unpaired) electrons. The predicted octanol–water partition coefficient (Wildman–Crippen LogP) is 1.96. The average Bonchev–Trinajstić information content (AvgIpc) is 2.75. The van der Waals surface area contributed by atoms with E-state index in [-0.39, 0.29) is 11.3 Å². The van der Waals surface area contributed by atoms with Crippen molar-refractivity contribution in [1.82, 2.24) is 15.1 Å². The Hall–Kier alpha value is -1.08. The number of aryl methyl sites for hydroxylation is 1. The molecule has 1 atom stereocenters. The smallest absolute Gasteiger partial charge is 0.273 e. The van der Waals surface area contributed by atoms with Crippen LogP contribution in [0.3, 0.4) is 0 Å². The minimum Gasteiger partial charge on any atom is -0.477 e. The zero-order valence-electron chi connectivity index (χ0n) is 12.6. The summed E-state index contributed by atoms with van der Waals surface area (Å²) in [7, 11) is 0. The van der Waals surface area contributed by atoms with Crippen molar-refractivity contribution in [3.8, 4) is 5.88 Å². The van der Waals surface area contributed by atoms with Gasteiger partial charge in [-0.1, -0.05) is 20.8 Å². The molecule has 2 rings (SSSR count). The summed E-state index contributed by atoms with van der Waals surface area (Å²) in [6.07, 6.45) is 0.941. The fraction of sp³-hybridized carbons (Fsp3) is 0.714. The van der Waals surface area contributed by atoms with E-state index in [2.05, 4.69) is 26.3 Å². The van der Waals surface area contributed by atoms with E-state index in [9.17, 15) is 9.90 Å². The third-order valence-electron chi connectivity index (χ3n) is 3.52. The summed E-state index contributed by atoms with van der Waals surface area (Å²) in [5, 5.41) is 17.0. The lowest BCUT2D eigenvalue weighted by Crippen LogP contribution is -2.32. The average molecular weight is 360 g/mol. The maximum Gasteiger partial charge on any atom is 0.273 e. The van der Waals surface area contributed by atoms with Crippen LogP contribution in [-0.2, 0) is 6.54 Å². The number of rotatable bonds is 4. The first kappa shape index (κ1) is 16.3. The van der Waals surface area contributed by atoms with Gasteiger partial charge in [0.1, 0.15) is 4.47 Å². The fourth-order valence-electron chi connectivity index (χ4n) is 2.08. The Morgan fingerprint density at radius 2 is 2.29 bits per heavy atom. The number of carbonyl (C=O) groups excluding carboxylic acids is 1. The Morgan fingerprint density at radius 1 is 1.57 bits per heavy atom. The third kappa shape index (κ3) is 3.77. The second-order valence-electron chi connectivity index (χ2n) is 6.32. The van der Waals surface area contributed by atoms with Crippen LogP contribution in [-0.4, -0.2) is 40.0 Å². The van der Waals surface area contributed by atoms with Gasteiger partial charge in [-0.25, -0.2) is 4.68 Å². The molecule has 7 heteroatoms. The number of aliphatic hydroxyl groups excluding tert-OH is 1. The van der Waals surface area contributed by atoms with Gasteiger partial charge in [0.15, 0.2) is 5.69 Å². The van der Waals surface area contributed by atoms with E-state index in [0.29, 0.717) is 35.6 Å². The second-order valence-corrected chi connectivity index (χ2v) is 7.11. The molecule has 0 aromatic carbocycles. The Morgan fingerprint density at radius 3 is 2.90 bits per heavy atom. The van der Waals surface area contributed by atoms with E-state index in [1.807, 2.05) is 20.8 Å². The summed E-state index contributed by atoms with van der Waals surface area (Å²) >= 11 is 3.37. The van der Waals surface area contributed by atoms with Crippen molar-refractivity contribution in [2.75, 3.05) is 13.2 Å². The Kier molecular flexibility index (Phi) is 4.93. The number of aliphatic hydroxyl groups is 1. The zero-order valence-corrected chi connectivity index (χ0v) is 14.2. The van der Waals surface area contributed by atoms with Crippen molar-refractivity contribution in [1.29, 1.82) is 0 Å². The standard InChI is InChI=1S/C14H22BrN3O3/c1-14(2,3)9(19)5-6-16-12(20)11-10(15)13-18(17-11)7-4-8-21-13/h9,19H,4-8H2,1-3H3,(H,16,20). The molecule has 1 aromatic rings. The molecular weight excluding hydrogens is 338 g/mol. The number of nitrogens with zero attached hydrogens (tertiary/aromatic N) is 2. The number of ether oxygens (including phenoxy) is 1. The van der Waals surface area contributed by atoms with E-state index < -0.39 is 6.10 Å². The summed E-state index contributed by atoms with van der Waals surface area (Å²) < 4.78 is 7.80. The van der Waals surface area contributed by atoms with Crippen molar-refractivity contribution >= 4 is 21.8 Å². The molecular formula is C14H22BrN3O3. The first-order valence-corrected chi connectivity index (χ1v) is 7.95. The summed E-state index contributed by atoms with van der Waals surface area (Å²) in [4.78, 5) is 12.2. The molecule has 1 aliphatic rings. The van der Waals surface area contributed by atoms with Crippen LogP contribution in [0.2, 0.25) is 0 Å². The second kappa shape index (κ2) is 6.36. The Labute approximate surface area is 133 Å². The number of fused-ring (bicyclic) bond motifs is 1. The molecule has 2 N–H and O–H groups in total. The maximum absolute atomic E-state index is 12.2. The van der Waals surface area contributed by atoms with Crippen LogP contribution in [0.5, 0.6) is 5.88 Å². The number of nitrogens with one attached hydrogen (secondary N) is 1. The zero-order chi connectivity index (χ0) is 15.6. The van der Waals surface area contributed by atoms with Gasteiger partial charge in [-0.05, 0) is 27.8 Å². The van der Waals surface area contributed by atoms with Crippen molar-refractivity contribution < 1.29 is 14.6 Å². The van der Waals surface area contributed by atoms with Crippen LogP contribution in [0, 0.1) is 5.41 Å². The SMILES string of the molecule is CC(C)(C)C(O)CCNC(=O)c1nn2c(c1Br)OCCC2. The maximum atomic E-state index is 12.2. The molecule has 1 amide bonds. The monoisotopic (exact) mass is 359 g/mol. The van der Waals surface area contributed by atoms with Gasteiger partial charge in [-0.15, -0.1) is 0 Å². The van der Waals surface area contributed by atoms with Crippen LogP contribution in [0.4, 0.5) is 0 Å². The largest absolute Gasteiger partial charge is 0.477 e. The van der Waals surface area contributed by atoms with E-state index in [1.54, 1.807) is 4.68 Å². The summed E-state index contributed by atoms with van der Waals surface area (Å²) in [5.74, 6) is 0.356. The highest BCUT2D eigenvalue weighted by Crippen LogP contribution is 2.31. The summed E-state index contributed by atoms with van der Waals surface area (Å²) in [6, 6.07) is 0. The van der Waals surface area contributed by atoms with Gasteiger partial charge >= 0.3 is 0 Å². The van der Waals surface area contributed by atoms with Crippen LogP contribution in [0.15, 0.2) is 4.47 Å². The molecule has 21 heavy (non-hydrogen) atoms. The van der Waals surface area contributed by atoms with Crippen molar-refractivity contribution in [3.05, 3.63) is 10.2 Å². The highest BCUT2D eigenvalue weighted by Gasteiger charge is 2.25. The molecule has 0 saturated carbocycles. The summed E-state index contributed by atoms with van der Waals surface area (Å²) in [6.45, 7) is 7.71. The Balaban J connectivity index is 1.94. The van der Waals surface area contributed by atoms with Gasteiger partial charge in [-0.3, -0.25) is 4.79 Å². The van der Waals surface area contributed by atoms with Crippen LogP contribution in [0.25, 0.3) is 0 Å². The van der Waals surface area contributed by atoms with Gasteiger partial charge in [0.05, 0.1) is 12.7 Å². The van der Waals surface area contributed by atoms with E-state index >= 15 is 0 Å². The lowest BCUT2D eigenvalue weighted by molar-refractivity contribution is 0.0550. The van der Waals surface area contributed by atoms with Crippen molar-refractivity contribution in [2.45, 2.75) is 46.3 Å². The number of hydrogen-bond donors (Lipinski definition) is 2. The molecule has 6 nitrogen and oxygen atoms in total. The van der Waals surface area contributed by atoms with E-state index in [4.69, 9.17) is 4.74 Å². The first-order valence-electron chi connectivity index (χ1n) is 7.16. The van der Waals surface area contributed by atoms with Gasteiger partial charge in [0.25, 0.3) is 5.91 Å². The number of carbonyl (C=O) groups is 1.